The third-order valence-electron chi connectivity index (χ3n) is 3.55. The van der Waals surface area contributed by atoms with E-state index >= 15 is 0 Å². The van der Waals surface area contributed by atoms with Crippen LogP contribution in [0.5, 0.6) is 0 Å². The van der Waals surface area contributed by atoms with Crippen molar-refractivity contribution in [2.24, 2.45) is 11.5 Å². The lowest BCUT2D eigenvalue weighted by atomic mass is 10.0. The molecule has 0 aromatic carbocycles. The van der Waals surface area contributed by atoms with E-state index in [0.29, 0.717) is 12.1 Å². The smallest absolute Gasteiger partial charge is 0.00388 e. The summed E-state index contributed by atoms with van der Waals surface area (Å²) in [6.45, 7) is 0. The lowest BCUT2D eigenvalue weighted by Crippen LogP contribution is -2.19. The number of hydrogen-bond acceptors (Lipinski definition) is 2. The van der Waals surface area contributed by atoms with E-state index in [2.05, 4.69) is 0 Å². The van der Waals surface area contributed by atoms with E-state index < -0.39 is 0 Å². The van der Waals surface area contributed by atoms with Gasteiger partial charge in [-0.2, -0.15) is 0 Å². The van der Waals surface area contributed by atoms with Gasteiger partial charge in [-0.1, -0.05) is 44.9 Å². The minimum atomic E-state index is 0.458. The lowest BCUT2D eigenvalue weighted by Gasteiger charge is -2.10. The van der Waals surface area contributed by atoms with Crippen LogP contribution < -0.4 is 11.5 Å². The Balaban J connectivity index is 2.20. The van der Waals surface area contributed by atoms with Crippen molar-refractivity contribution in [2.75, 3.05) is 0 Å². The highest BCUT2D eigenvalue weighted by Crippen LogP contribution is 2.15. The second-order valence-electron chi connectivity index (χ2n) is 5.15. The van der Waals surface area contributed by atoms with Crippen molar-refractivity contribution in [3.05, 3.63) is 0 Å². The second kappa shape index (κ2) is 8.12. The first-order valence-electron chi connectivity index (χ1n) is 6.80. The molecule has 0 heterocycles. The molecular weight excluding hydrogens is 184 g/mol. The molecule has 1 rings (SSSR count). The molecule has 1 saturated carbocycles. The maximum Gasteiger partial charge on any atom is 0.00388 e. The first-order chi connectivity index (χ1) is 7.29. The van der Waals surface area contributed by atoms with Crippen LogP contribution in [0.4, 0.5) is 0 Å². The summed E-state index contributed by atoms with van der Waals surface area (Å²) in [5, 5.41) is 0. The van der Waals surface area contributed by atoms with E-state index in [4.69, 9.17) is 11.5 Å². The van der Waals surface area contributed by atoms with Crippen LogP contribution in [-0.2, 0) is 0 Å². The van der Waals surface area contributed by atoms with E-state index in [-0.39, 0.29) is 0 Å². The molecule has 0 aromatic rings. The largest absolute Gasteiger partial charge is 0.328 e. The molecule has 0 saturated heterocycles. The fraction of sp³-hybridized carbons (Fsp3) is 1.00. The van der Waals surface area contributed by atoms with Gasteiger partial charge >= 0.3 is 0 Å². The Morgan fingerprint density at radius 1 is 0.467 bits per heavy atom. The van der Waals surface area contributed by atoms with Gasteiger partial charge < -0.3 is 11.5 Å². The monoisotopic (exact) mass is 212 g/mol. The summed E-state index contributed by atoms with van der Waals surface area (Å²) in [5.74, 6) is 0. The van der Waals surface area contributed by atoms with E-state index in [9.17, 15) is 0 Å². The van der Waals surface area contributed by atoms with Gasteiger partial charge in [0.25, 0.3) is 0 Å². The van der Waals surface area contributed by atoms with Crippen LogP contribution in [0, 0.1) is 0 Å². The molecule has 0 bridgehead atoms. The summed E-state index contributed by atoms with van der Waals surface area (Å²) in [4.78, 5) is 0. The van der Waals surface area contributed by atoms with Crippen LogP contribution in [0.25, 0.3) is 0 Å². The number of nitrogens with two attached hydrogens (primary N) is 2. The van der Waals surface area contributed by atoms with Gasteiger partial charge in [0.05, 0.1) is 0 Å². The van der Waals surface area contributed by atoms with Gasteiger partial charge in [-0.15, -0.1) is 0 Å². The molecule has 2 heteroatoms. The summed E-state index contributed by atoms with van der Waals surface area (Å²) >= 11 is 0. The minimum absolute atomic E-state index is 0.458. The van der Waals surface area contributed by atoms with Gasteiger partial charge in [-0.25, -0.2) is 0 Å². The molecule has 0 aromatic heterocycles. The van der Waals surface area contributed by atoms with Crippen molar-refractivity contribution >= 4 is 0 Å². The van der Waals surface area contributed by atoms with Gasteiger partial charge in [-0.05, 0) is 25.7 Å². The molecule has 15 heavy (non-hydrogen) atoms. The van der Waals surface area contributed by atoms with Gasteiger partial charge in [0.2, 0.25) is 0 Å². The van der Waals surface area contributed by atoms with Crippen molar-refractivity contribution in [1.29, 1.82) is 0 Å². The number of rotatable bonds is 0. The lowest BCUT2D eigenvalue weighted by molar-refractivity contribution is 0.492. The molecule has 0 aliphatic heterocycles. The molecule has 90 valence electrons. The molecule has 1 fully saturated rings. The van der Waals surface area contributed by atoms with Gasteiger partial charge in [-0.3, -0.25) is 0 Å². The van der Waals surface area contributed by atoms with Gasteiger partial charge in [0.1, 0.15) is 0 Å². The summed E-state index contributed by atoms with van der Waals surface area (Å²) in [6.07, 6.45) is 14.1. The predicted molar refractivity (Wildman–Crippen MR) is 66.7 cm³/mol. The van der Waals surface area contributed by atoms with Crippen LogP contribution in [0.15, 0.2) is 0 Å². The molecule has 0 amide bonds. The maximum atomic E-state index is 6.06. The van der Waals surface area contributed by atoms with Crippen molar-refractivity contribution in [1.82, 2.24) is 0 Å². The van der Waals surface area contributed by atoms with Crippen LogP contribution in [0.1, 0.15) is 70.6 Å². The molecule has 2 atom stereocenters. The highest BCUT2D eigenvalue weighted by atomic mass is 14.6. The molecule has 4 N–H and O–H groups in total. The zero-order chi connectivity index (χ0) is 10.9. The van der Waals surface area contributed by atoms with E-state index in [1.165, 1.54) is 70.6 Å². The summed E-state index contributed by atoms with van der Waals surface area (Å²) in [6, 6.07) is 0.916. The summed E-state index contributed by atoms with van der Waals surface area (Å²) < 4.78 is 0. The Morgan fingerprint density at radius 3 is 1.07 bits per heavy atom. The minimum Gasteiger partial charge on any atom is -0.328 e. The van der Waals surface area contributed by atoms with E-state index in [0.717, 1.165) is 0 Å². The van der Waals surface area contributed by atoms with Crippen molar-refractivity contribution in [3.8, 4) is 0 Å². The quantitative estimate of drug-likeness (QED) is 0.648. The topological polar surface area (TPSA) is 52.0 Å². The SMILES string of the molecule is NC1CCCCCCC(N)CCCCC1. The number of hydrogen-bond donors (Lipinski definition) is 2. The normalized spacial score (nSPS) is 32.4. The Labute approximate surface area is 94.8 Å². The summed E-state index contributed by atoms with van der Waals surface area (Å²) in [5.41, 5.74) is 12.1. The molecule has 1 aliphatic rings. The maximum absolute atomic E-state index is 6.06. The van der Waals surface area contributed by atoms with Crippen LogP contribution >= 0.6 is 0 Å². The molecule has 2 nitrogen and oxygen atoms in total. The van der Waals surface area contributed by atoms with Crippen LogP contribution in [-0.4, -0.2) is 12.1 Å². The third-order valence-corrected chi connectivity index (χ3v) is 3.55. The Kier molecular flexibility index (Phi) is 7.03. The van der Waals surface area contributed by atoms with Gasteiger partial charge in [0.15, 0.2) is 0 Å². The molecule has 2 unspecified atom stereocenters. The fourth-order valence-electron chi connectivity index (χ4n) is 2.45. The third kappa shape index (κ3) is 6.91. The molecule has 0 radical (unpaired) electrons. The first-order valence-corrected chi connectivity index (χ1v) is 6.80. The fourth-order valence-corrected chi connectivity index (χ4v) is 2.45. The van der Waals surface area contributed by atoms with Crippen molar-refractivity contribution < 1.29 is 0 Å². The zero-order valence-electron chi connectivity index (χ0n) is 10.1. The summed E-state index contributed by atoms with van der Waals surface area (Å²) in [7, 11) is 0. The average molecular weight is 212 g/mol. The highest BCUT2D eigenvalue weighted by molar-refractivity contribution is 4.66. The second-order valence-corrected chi connectivity index (χ2v) is 5.15. The van der Waals surface area contributed by atoms with Crippen molar-refractivity contribution in [2.45, 2.75) is 82.7 Å². The zero-order valence-corrected chi connectivity index (χ0v) is 10.1. The standard InChI is InChI=1S/C13H28N2/c14-12-8-4-1-2-5-9-13(15)11-7-3-6-10-12/h12-13H,1-11,14-15H2. The van der Waals surface area contributed by atoms with Crippen LogP contribution in [0.2, 0.25) is 0 Å². The van der Waals surface area contributed by atoms with Crippen molar-refractivity contribution in [3.63, 3.8) is 0 Å². The van der Waals surface area contributed by atoms with E-state index in [1.807, 2.05) is 0 Å². The molecule has 0 spiro atoms. The Morgan fingerprint density at radius 2 is 0.733 bits per heavy atom. The Bertz CT molecular complexity index is 131. The van der Waals surface area contributed by atoms with Gasteiger partial charge in [0, 0.05) is 12.1 Å². The average Bonchev–Trinajstić information content (AvgIpc) is 2.23. The first kappa shape index (κ1) is 13.0. The molecule has 1 aliphatic carbocycles. The van der Waals surface area contributed by atoms with Crippen LogP contribution in [0.3, 0.4) is 0 Å². The highest BCUT2D eigenvalue weighted by Gasteiger charge is 2.06. The predicted octanol–water partition coefficient (Wildman–Crippen LogP) is 2.95. The molecular formula is C13H28N2. The Hall–Kier alpha value is -0.0800. The van der Waals surface area contributed by atoms with E-state index in [1.54, 1.807) is 0 Å².